The van der Waals surface area contributed by atoms with E-state index >= 15 is 0 Å². The van der Waals surface area contributed by atoms with Crippen LogP contribution in [-0.4, -0.2) is 24.9 Å². The number of rotatable bonds is 6. The van der Waals surface area contributed by atoms with E-state index in [1.165, 1.54) is 18.2 Å². The highest BCUT2D eigenvalue weighted by Crippen LogP contribution is 2.22. The highest BCUT2D eigenvalue weighted by Gasteiger charge is 2.18. The van der Waals surface area contributed by atoms with Crippen molar-refractivity contribution in [2.75, 3.05) is 6.54 Å². The molecule has 0 aliphatic heterocycles. The number of nitrogens with zero attached hydrogens (tertiary/aromatic N) is 2. The van der Waals surface area contributed by atoms with Crippen LogP contribution in [-0.2, 0) is 16.4 Å². The maximum absolute atomic E-state index is 12.2. The number of H-pyrrole nitrogens is 1. The van der Waals surface area contributed by atoms with E-state index in [0.717, 1.165) is 5.82 Å². The van der Waals surface area contributed by atoms with Crippen molar-refractivity contribution < 1.29 is 8.42 Å². The second-order valence-corrected chi connectivity index (χ2v) is 6.44. The summed E-state index contributed by atoms with van der Waals surface area (Å²) < 4.78 is 26.8. The maximum atomic E-state index is 12.2. The van der Waals surface area contributed by atoms with E-state index in [0.29, 0.717) is 12.8 Å². The molecule has 21 heavy (non-hydrogen) atoms. The van der Waals surface area contributed by atoms with Crippen LogP contribution >= 0.6 is 11.6 Å². The number of aromatic nitrogens is 2. The molecular formula is C13H13ClN4O2S. The van der Waals surface area contributed by atoms with Gasteiger partial charge in [0.15, 0.2) is 0 Å². The van der Waals surface area contributed by atoms with Gasteiger partial charge in [-0.15, -0.1) is 0 Å². The lowest BCUT2D eigenvalue weighted by Gasteiger charge is -2.08. The lowest BCUT2D eigenvalue weighted by atomic mass is 10.2. The van der Waals surface area contributed by atoms with Crippen LogP contribution in [0.25, 0.3) is 0 Å². The molecule has 0 saturated carbocycles. The second-order valence-electron chi connectivity index (χ2n) is 4.29. The Bertz CT molecular complexity index is 751. The van der Waals surface area contributed by atoms with Crippen molar-refractivity contribution >= 4 is 21.6 Å². The molecule has 1 aromatic carbocycles. The van der Waals surface area contributed by atoms with E-state index in [-0.39, 0.29) is 22.0 Å². The average Bonchev–Trinajstić information content (AvgIpc) is 2.97. The monoisotopic (exact) mass is 324 g/mol. The first-order valence-corrected chi connectivity index (χ1v) is 8.06. The Balaban J connectivity index is 2.00. The molecule has 0 bridgehead atoms. The van der Waals surface area contributed by atoms with Gasteiger partial charge in [0, 0.05) is 25.4 Å². The van der Waals surface area contributed by atoms with E-state index in [1.807, 2.05) is 6.07 Å². The Kier molecular flexibility index (Phi) is 4.96. The van der Waals surface area contributed by atoms with Gasteiger partial charge in [0.05, 0.1) is 16.7 Å². The van der Waals surface area contributed by atoms with Crippen molar-refractivity contribution in [3.8, 4) is 6.07 Å². The van der Waals surface area contributed by atoms with Gasteiger partial charge < -0.3 is 4.98 Å². The zero-order chi connectivity index (χ0) is 15.3. The number of nitrogens with one attached hydrogen (secondary N) is 2. The Morgan fingerprint density at radius 3 is 2.90 bits per heavy atom. The number of benzene rings is 1. The Morgan fingerprint density at radius 1 is 1.43 bits per heavy atom. The maximum Gasteiger partial charge on any atom is 0.242 e. The Labute approximate surface area is 127 Å². The number of aryl methyl sites for hydroxylation is 1. The van der Waals surface area contributed by atoms with Crippen LogP contribution in [0.2, 0.25) is 5.02 Å². The van der Waals surface area contributed by atoms with Crippen molar-refractivity contribution in [3.63, 3.8) is 0 Å². The molecule has 2 aromatic rings. The van der Waals surface area contributed by atoms with E-state index in [9.17, 15) is 8.42 Å². The zero-order valence-electron chi connectivity index (χ0n) is 11.0. The van der Waals surface area contributed by atoms with Crippen molar-refractivity contribution in [1.82, 2.24) is 14.7 Å². The minimum Gasteiger partial charge on any atom is -0.349 e. The van der Waals surface area contributed by atoms with Crippen molar-refractivity contribution in [1.29, 1.82) is 5.26 Å². The van der Waals surface area contributed by atoms with Crippen LogP contribution < -0.4 is 4.72 Å². The summed E-state index contributed by atoms with van der Waals surface area (Å²) >= 11 is 5.89. The topological polar surface area (TPSA) is 98.6 Å². The van der Waals surface area contributed by atoms with Crippen molar-refractivity contribution in [3.05, 3.63) is 47.0 Å². The smallest absolute Gasteiger partial charge is 0.242 e. The number of aromatic amines is 1. The molecule has 0 fully saturated rings. The molecule has 0 unspecified atom stereocenters. The highest BCUT2D eigenvalue weighted by molar-refractivity contribution is 7.89. The molecule has 2 rings (SSSR count). The van der Waals surface area contributed by atoms with Crippen LogP contribution in [0.4, 0.5) is 0 Å². The third kappa shape index (κ3) is 4.04. The van der Waals surface area contributed by atoms with Gasteiger partial charge in [0.25, 0.3) is 0 Å². The van der Waals surface area contributed by atoms with Crippen molar-refractivity contribution in [2.45, 2.75) is 17.7 Å². The summed E-state index contributed by atoms with van der Waals surface area (Å²) in [5.74, 6) is 0.804. The fourth-order valence-corrected chi connectivity index (χ4v) is 3.35. The third-order valence-electron chi connectivity index (χ3n) is 2.79. The van der Waals surface area contributed by atoms with E-state index in [1.54, 1.807) is 12.4 Å². The molecule has 0 aliphatic carbocycles. The second kappa shape index (κ2) is 6.72. The molecule has 0 atom stereocenters. The lowest BCUT2D eigenvalue weighted by Crippen LogP contribution is -2.25. The molecule has 0 radical (unpaired) electrons. The first-order chi connectivity index (χ1) is 10.0. The lowest BCUT2D eigenvalue weighted by molar-refractivity contribution is 0.578. The van der Waals surface area contributed by atoms with Gasteiger partial charge in [-0.25, -0.2) is 18.1 Å². The fourth-order valence-electron chi connectivity index (χ4n) is 1.75. The highest BCUT2D eigenvalue weighted by atomic mass is 35.5. The van der Waals surface area contributed by atoms with Gasteiger partial charge in [-0.2, -0.15) is 5.26 Å². The van der Waals surface area contributed by atoms with E-state index < -0.39 is 10.0 Å². The van der Waals surface area contributed by atoms with Crippen LogP contribution in [0.3, 0.4) is 0 Å². The predicted molar refractivity (Wildman–Crippen MR) is 78.3 cm³/mol. The summed E-state index contributed by atoms with van der Waals surface area (Å²) in [6.07, 6.45) is 4.60. The Morgan fingerprint density at radius 2 is 2.24 bits per heavy atom. The van der Waals surface area contributed by atoms with Crippen LogP contribution in [0.5, 0.6) is 0 Å². The van der Waals surface area contributed by atoms with Gasteiger partial charge in [-0.3, -0.25) is 0 Å². The average molecular weight is 325 g/mol. The number of hydrogen-bond acceptors (Lipinski definition) is 4. The quantitative estimate of drug-likeness (QED) is 0.792. The van der Waals surface area contributed by atoms with Gasteiger partial charge in [-0.05, 0) is 24.6 Å². The summed E-state index contributed by atoms with van der Waals surface area (Å²) in [6.45, 7) is 0.260. The largest absolute Gasteiger partial charge is 0.349 e. The van der Waals surface area contributed by atoms with Crippen molar-refractivity contribution in [2.24, 2.45) is 0 Å². The summed E-state index contributed by atoms with van der Waals surface area (Å²) in [6, 6.07) is 6.02. The first kappa shape index (κ1) is 15.5. The summed E-state index contributed by atoms with van der Waals surface area (Å²) in [5, 5.41) is 8.91. The number of hydrogen-bond donors (Lipinski definition) is 2. The molecule has 0 aliphatic rings. The molecular weight excluding hydrogens is 312 g/mol. The molecule has 0 amide bonds. The molecule has 2 N–H and O–H groups in total. The molecule has 1 aromatic heterocycles. The molecule has 6 nitrogen and oxygen atoms in total. The first-order valence-electron chi connectivity index (χ1n) is 6.20. The molecule has 1 heterocycles. The van der Waals surface area contributed by atoms with Gasteiger partial charge in [-0.1, -0.05) is 11.6 Å². The van der Waals surface area contributed by atoms with Crippen LogP contribution in [0, 0.1) is 11.3 Å². The SMILES string of the molecule is N#Cc1ccc(Cl)c(S(=O)(=O)NCCCc2ncc[nH]2)c1. The number of halogens is 1. The minimum absolute atomic E-state index is 0.0822. The summed E-state index contributed by atoms with van der Waals surface area (Å²) in [7, 11) is -3.73. The number of imidazole rings is 1. The van der Waals surface area contributed by atoms with Crippen LogP contribution in [0.15, 0.2) is 35.5 Å². The molecule has 0 saturated heterocycles. The van der Waals surface area contributed by atoms with E-state index in [4.69, 9.17) is 16.9 Å². The van der Waals surface area contributed by atoms with Gasteiger partial charge in [0.1, 0.15) is 10.7 Å². The van der Waals surface area contributed by atoms with E-state index in [2.05, 4.69) is 14.7 Å². The number of nitriles is 1. The van der Waals surface area contributed by atoms with Crippen LogP contribution in [0.1, 0.15) is 17.8 Å². The summed E-state index contributed by atoms with van der Waals surface area (Å²) in [5.41, 5.74) is 0.246. The zero-order valence-corrected chi connectivity index (χ0v) is 12.6. The van der Waals surface area contributed by atoms with Gasteiger partial charge >= 0.3 is 0 Å². The molecule has 8 heteroatoms. The third-order valence-corrected chi connectivity index (χ3v) is 4.73. The number of sulfonamides is 1. The summed E-state index contributed by atoms with van der Waals surface area (Å²) in [4.78, 5) is 6.92. The minimum atomic E-state index is -3.73. The standard InChI is InChI=1S/C13H13ClN4O2S/c14-11-4-3-10(9-15)8-12(11)21(19,20)18-5-1-2-13-16-6-7-17-13/h3-4,6-8,18H,1-2,5H2,(H,16,17). The predicted octanol–water partition coefficient (Wildman–Crippen LogP) is 1.85. The fraction of sp³-hybridized carbons (Fsp3) is 0.231. The van der Waals surface area contributed by atoms with Gasteiger partial charge in [0.2, 0.25) is 10.0 Å². The molecule has 0 spiro atoms. The normalized spacial score (nSPS) is 11.2. The Hall–Kier alpha value is -1.88. The molecule has 110 valence electrons.